The first-order valence-corrected chi connectivity index (χ1v) is 16.9. The number of ether oxygens (including phenoxy) is 1. The summed E-state index contributed by atoms with van der Waals surface area (Å²) in [6, 6.07) is 15.0. The minimum absolute atomic E-state index is 0.0887. The van der Waals surface area contributed by atoms with Gasteiger partial charge < -0.3 is 9.16 Å². The normalized spacial score (nSPS) is 30.1. The van der Waals surface area contributed by atoms with E-state index in [-0.39, 0.29) is 45.0 Å². The van der Waals surface area contributed by atoms with Gasteiger partial charge in [-0.2, -0.15) is 36.8 Å². The van der Waals surface area contributed by atoms with Crippen molar-refractivity contribution >= 4 is 8.32 Å². The van der Waals surface area contributed by atoms with Gasteiger partial charge in [-0.25, -0.2) is 0 Å². The average molecular weight is 587 g/mol. The summed E-state index contributed by atoms with van der Waals surface area (Å²) in [4.78, 5) is 0. The van der Waals surface area contributed by atoms with E-state index in [0.29, 0.717) is 12.8 Å². The Morgan fingerprint density at radius 1 is 0.930 bits per heavy atom. The zero-order chi connectivity index (χ0) is 32.2. The molecule has 4 rings (SSSR count). The molecule has 0 aliphatic heterocycles. The van der Waals surface area contributed by atoms with Crippen LogP contribution in [0.1, 0.15) is 73.8 Å². The quantitative estimate of drug-likeness (QED) is 0.305. The molecule has 10 heteroatoms. The summed E-state index contributed by atoms with van der Waals surface area (Å²) in [6.07, 6.45) is 4.19. The fourth-order valence-corrected chi connectivity index (χ4v) is 9.18. The van der Waals surface area contributed by atoms with Crippen molar-refractivity contribution in [2.24, 2.45) is 22.7 Å². The molecule has 0 N–H and O–H groups in total. The predicted octanol–water partition coefficient (Wildman–Crippen LogP) is 5.92. The van der Waals surface area contributed by atoms with Gasteiger partial charge in [-0.15, -0.1) is 6.58 Å². The summed E-state index contributed by atoms with van der Waals surface area (Å²) >= 11 is 0. The lowest BCUT2D eigenvalue weighted by Gasteiger charge is -2.60. The Labute approximate surface area is 254 Å². The Kier molecular flexibility index (Phi) is 7.48. The summed E-state index contributed by atoms with van der Waals surface area (Å²) in [5.74, 6) is -2.96. The van der Waals surface area contributed by atoms with Crippen molar-refractivity contribution in [3.8, 4) is 48.2 Å². The molecular weight excluding hydrogens is 554 g/mol. The Balaban J connectivity index is 2.15. The molecule has 2 fully saturated rings. The molecule has 3 aliphatic rings. The number of hydrogen-bond donors (Lipinski definition) is 0. The van der Waals surface area contributed by atoms with Crippen molar-refractivity contribution in [1.29, 1.82) is 36.8 Å². The van der Waals surface area contributed by atoms with Crippen LogP contribution in [0.5, 0.6) is 5.75 Å². The second-order valence-corrected chi connectivity index (χ2v) is 17.9. The Hall–Kier alpha value is -4.63. The molecule has 43 heavy (non-hydrogen) atoms. The highest BCUT2D eigenvalue weighted by Crippen LogP contribution is 2.72. The second kappa shape index (κ2) is 10.3. The zero-order valence-electron chi connectivity index (χ0n) is 25.2. The van der Waals surface area contributed by atoms with Crippen LogP contribution >= 0.6 is 0 Å². The van der Waals surface area contributed by atoms with Crippen molar-refractivity contribution in [3.63, 3.8) is 0 Å². The number of nitriles is 7. The molecule has 0 bridgehead atoms. The van der Waals surface area contributed by atoms with E-state index in [1.54, 1.807) is 6.08 Å². The molecule has 6 atom stereocenters. The van der Waals surface area contributed by atoms with Gasteiger partial charge in [0.05, 0.1) is 54.4 Å². The number of methoxy groups -OCH3 is 1. The summed E-state index contributed by atoms with van der Waals surface area (Å²) in [5, 5.41) is 74.0. The minimum atomic E-state index is -2.35. The largest absolute Gasteiger partial charge is 0.494 e. The van der Waals surface area contributed by atoms with Gasteiger partial charge in [0, 0.05) is 11.0 Å². The number of nitrogens with zero attached hydrogens (tertiary/aromatic N) is 7. The van der Waals surface area contributed by atoms with E-state index in [0.717, 1.165) is 0 Å². The first-order valence-electron chi connectivity index (χ1n) is 14.0. The van der Waals surface area contributed by atoms with E-state index in [4.69, 9.17) is 9.16 Å². The fraction of sp³-hybridized carbons (Fsp3) is 0.515. The summed E-state index contributed by atoms with van der Waals surface area (Å²) < 4.78 is 12.3. The number of fused-ring (bicyclic) bond motifs is 5. The summed E-state index contributed by atoms with van der Waals surface area (Å²) in [7, 11) is -1.12. The van der Waals surface area contributed by atoms with Crippen LogP contribution < -0.4 is 4.74 Å². The molecule has 0 aromatic heterocycles. The van der Waals surface area contributed by atoms with Gasteiger partial charge >= 0.3 is 0 Å². The topological polar surface area (TPSA) is 185 Å². The van der Waals surface area contributed by atoms with Crippen molar-refractivity contribution in [1.82, 2.24) is 0 Å². The maximum atomic E-state index is 10.9. The minimum Gasteiger partial charge on any atom is -0.494 e. The van der Waals surface area contributed by atoms with Crippen molar-refractivity contribution in [3.05, 3.63) is 46.9 Å². The Bertz CT molecular complexity index is 1690. The van der Waals surface area contributed by atoms with E-state index in [9.17, 15) is 36.8 Å². The van der Waals surface area contributed by atoms with E-state index >= 15 is 0 Å². The zero-order valence-corrected chi connectivity index (χ0v) is 26.2. The molecule has 1 aromatic carbocycles. The molecule has 1 radical (unpaired) electrons. The van der Waals surface area contributed by atoms with Gasteiger partial charge in [0.25, 0.3) is 0 Å². The van der Waals surface area contributed by atoms with Crippen molar-refractivity contribution in [2.45, 2.75) is 75.6 Å². The van der Waals surface area contributed by atoms with Gasteiger partial charge in [0.15, 0.2) is 19.5 Å². The molecule has 1 aromatic rings. The standard InChI is InChI=1S/C33H32N7O2Si/c1-8-33-23(11-12-31(17-38)24(33)9-10-26(31)42-43(6,7)30(2,3)4)27-20(13-34)21(14-35)29(41-5)22(15-36)28(27)32(18-39,19-40)25(33)16-37/h8,11,23-26H,1,9-10,12H2,2-7H3/t23?,24?,25?,26-,31+,33?/m0/s1. The molecule has 9 nitrogen and oxygen atoms in total. The maximum Gasteiger partial charge on any atom is 0.192 e. The predicted molar refractivity (Wildman–Crippen MR) is 156 cm³/mol. The Morgan fingerprint density at radius 3 is 1.98 bits per heavy atom. The van der Waals surface area contributed by atoms with Crippen LogP contribution in [0.3, 0.4) is 0 Å². The number of benzene rings is 1. The first kappa shape index (κ1) is 31.3. The average Bonchev–Trinajstić information content (AvgIpc) is 3.36. The van der Waals surface area contributed by atoms with Crippen molar-refractivity contribution in [2.75, 3.05) is 7.11 Å². The van der Waals surface area contributed by atoms with E-state index in [1.807, 2.05) is 18.6 Å². The molecule has 215 valence electrons. The highest BCUT2D eigenvalue weighted by Gasteiger charge is 2.73. The molecular formula is C33H32N7O2Si. The fourth-order valence-electron chi connectivity index (χ4n) is 7.78. The van der Waals surface area contributed by atoms with E-state index < -0.39 is 48.4 Å². The van der Waals surface area contributed by atoms with Crippen LogP contribution in [0.25, 0.3) is 0 Å². The molecule has 3 aliphatic carbocycles. The van der Waals surface area contributed by atoms with Gasteiger partial charge in [0.1, 0.15) is 29.3 Å². The third-order valence-electron chi connectivity index (χ3n) is 10.7. The van der Waals surface area contributed by atoms with Crippen LogP contribution in [-0.4, -0.2) is 21.5 Å². The lowest BCUT2D eigenvalue weighted by Crippen LogP contribution is -2.61. The molecule has 0 amide bonds. The van der Waals surface area contributed by atoms with Crippen LogP contribution in [-0.2, 0) is 9.84 Å². The van der Waals surface area contributed by atoms with Crippen LogP contribution in [0.2, 0.25) is 18.1 Å². The maximum absolute atomic E-state index is 10.9. The highest BCUT2D eigenvalue weighted by atomic mass is 28.4. The SMILES string of the molecule is C=CC12C([CH]C[C@@]3(C#N)C1CC[C@@H]3O[Si](C)(C)C(C)(C)C)c1c(C#N)c(C#N)c(OC)c(C#N)c1C(C#N)(C#N)C2C#N. The van der Waals surface area contributed by atoms with Gasteiger partial charge in [-0.3, -0.25) is 0 Å². The monoisotopic (exact) mass is 586 g/mol. The third-order valence-corrected chi connectivity index (χ3v) is 15.2. The van der Waals surface area contributed by atoms with Gasteiger partial charge in [-0.05, 0) is 61.2 Å². The highest BCUT2D eigenvalue weighted by molar-refractivity contribution is 6.74. The summed E-state index contributed by atoms with van der Waals surface area (Å²) in [5.41, 5.74) is -5.16. The van der Waals surface area contributed by atoms with Crippen molar-refractivity contribution < 1.29 is 9.16 Å². The van der Waals surface area contributed by atoms with Gasteiger partial charge in [-0.1, -0.05) is 26.8 Å². The third kappa shape index (κ3) is 3.70. The van der Waals surface area contributed by atoms with Crippen LogP contribution in [0, 0.1) is 108 Å². The molecule has 2 saturated carbocycles. The molecule has 0 spiro atoms. The van der Waals surface area contributed by atoms with E-state index in [1.165, 1.54) is 7.11 Å². The smallest absolute Gasteiger partial charge is 0.192 e. The lowest BCUT2D eigenvalue weighted by molar-refractivity contribution is -0.0258. The molecule has 0 heterocycles. The van der Waals surface area contributed by atoms with Gasteiger partial charge in [0.2, 0.25) is 0 Å². The molecule has 4 unspecified atom stereocenters. The Morgan fingerprint density at radius 2 is 1.53 bits per heavy atom. The number of hydrogen-bond acceptors (Lipinski definition) is 9. The van der Waals surface area contributed by atoms with Crippen LogP contribution in [0.15, 0.2) is 12.7 Å². The second-order valence-electron chi connectivity index (χ2n) is 13.1. The molecule has 0 saturated heterocycles. The lowest BCUT2D eigenvalue weighted by atomic mass is 9.39. The summed E-state index contributed by atoms with van der Waals surface area (Å²) in [6.45, 7) is 14.7. The first-order chi connectivity index (χ1) is 20.3. The van der Waals surface area contributed by atoms with E-state index in [2.05, 4.69) is 70.8 Å². The number of allylic oxidation sites excluding steroid dienone is 1. The van der Waals surface area contributed by atoms with Crippen LogP contribution in [0.4, 0.5) is 0 Å². The number of rotatable bonds is 4.